The van der Waals surface area contributed by atoms with E-state index in [-0.39, 0.29) is 11.9 Å². The number of aromatic nitrogens is 4. The Morgan fingerprint density at radius 3 is 2.55 bits per heavy atom. The molecular weight excluding hydrogens is 272 g/mol. The van der Waals surface area contributed by atoms with Crippen LogP contribution in [0.25, 0.3) is 10.9 Å². The Balaban J connectivity index is 1.79. The highest BCUT2D eigenvalue weighted by Gasteiger charge is 2.04. The van der Waals surface area contributed by atoms with Crippen LogP contribution in [0.4, 0.5) is 11.9 Å². The van der Waals surface area contributed by atoms with Gasteiger partial charge in [-0.05, 0) is 17.7 Å². The number of nitrogens with two attached hydrogens (primary N) is 2. The number of fused-ring (bicyclic) bond motifs is 1. The summed E-state index contributed by atoms with van der Waals surface area (Å²) in [5, 5.41) is 1.63. The highest BCUT2D eigenvalue weighted by atomic mass is 32.2. The Hall–Kier alpha value is -2.41. The molecule has 0 aliphatic heterocycles. The van der Waals surface area contributed by atoms with Crippen molar-refractivity contribution in [1.82, 2.24) is 19.9 Å². The molecule has 3 rings (SSSR count). The second kappa shape index (κ2) is 5.30. The summed E-state index contributed by atoms with van der Waals surface area (Å²) in [6.07, 6.45) is 1.85. The molecule has 7 heteroatoms. The van der Waals surface area contributed by atoms with Crippen molar-refractivity contribution >= 4 is 34.6 Å². The third-order valence-electron chi connectivity index (χ3n) is 2.66. The number of anilines is 2. The number of para-hydroxylation sites is 1. The van der Waals surface area contributed by atoms with E-state index in [2.05, 4.69) is 26.0 Å². The van der Waals surface area contributed by atoms with Gasteiger partial charge in [-0.15, -0.1) is 0 Å². The lowest BCUT2D eigenvalue weighted by atomic mass is 10.2. The molecule has 0 saturated heterocycles. The van der Waals surface area contributed by atoms with E-state index in [1.165, 1.54) is 11.8 Å². The number of rotatable bonds is 3. The SMILES string of the molecule is Nc1nc(N)nc(SCc2cnc3ccccc3c2)n1. The maximum absolute atomic E-state index is 5.53. The van der Waals surface area contributed by atoms with Gasteiger partial charge in [0.2, 0.25) is 11.9 Å². The normalized spacial score (nSPS) is 10.8. The van der Waals surface area contributed by atoms with Crippen LogP contribution in [-0.4, -0.2) is 19.9 Å². The van der Waals surface area contributed by atoms with Crippen LogP contribution in [0.5, 0.6) is 0 Å². The van der Waals surface area contributed by atoms with Gasteiger partial charge in [-0.2, -0.15) is 15.0 Å². The van der Waals surface area contributed by atoms with Crippen molar-refractivity contribution in [3.05, 3.63) is 42.1 Å². The average Bonchev–Trinajstić information content (AvgIpc) is 2.44. The Bertz CT molecular complexity index is 740. The summed E-state index contributed by atoms with van der Waals surface area (Å²) in [5.74, 6) is 0.967. The molecular formula is C13H12N6S. The van der Waals surface area contributed by atoms with E-state index >= 15 is 0 Å². The fourth-order valence-electron chi connectivity index (χ4n) is 1.80. The summed E-state index contributed by atoms with van der Waals surface area (Å²) >= 11 is 1.45. The molecule has 0 fully saturated rings. The Labute approximate surface area is 119 Å². The smallest absolute Gasteiger partial charge is 0.225 e. The molecule has 0 spiro atoms. The molecule has 1 aromatic carbocycles. The quantitative estimate of drug-likeness (QED) is 0.707. The number of benzene rings is 1. The highest BCUT2D eigenvalue weighted by Crippen LogP contribution is 2.21. The Kier molecular flexibility index (Phi) is 3.34. The number of hydrogen-bond acceptors (Lipinski definition) is 7. The second-order valence-electron chi connectivity index (χ2n) is 4.16. The van der Waals surface area contributed by atoms with Gasteiger partial charge in [0.15, 0.2) is 5.16 Å². The van der Waals surface area contributed by atoms with E-state index in [0.717, 1.165) is 16.5 Å². The van der Waals surface area contributed by atoms with Gasteiger partial charge in [-0.25, -0.2) is 0 Å². The fourth-order valence-corrected chi connectivity index (χ4v) is 2.57. The molecule has 0 radical (unpaired) electrons. The van der Waals surface area contributed by atoms with E-state index < -0.39 is 0 Å². The Morgan fingerprint density at radius 1 is 1.00 bits per heavy atom. The van der Waals surface area contributed by atoms with Crippen LogP contribution in [-0.2, 0) is 5.75 Å². The van der Waals surface area contributed by atoms with Gasteiger partial charge >= 0.3 is 0 Å². The molecule has 20 heavy (non-hydrogen) atoms. The minimum Gasteiger partial charge on any atom is -0.368 e. The van der Waals surface area contributed by atoms with Gasteiger partial charge < -0.3 is 11.5 Å². The third-order valence-corrected chi connectivity index (χ3v) is 3.58. The number of pyridine rings is 1. The van der Waals surface area contributed by atoms with E-state index in [0.29, 0.717) is 10.9 Å². The molecule has 0 aliphatic rings. The molecule has 0 unspecified atom stereocenters. The van der Waals surface area contributed by atoms with E-state index in [1.54, 1.807) is 0 Å². The summed E-state index contributed by atoms with van der Waals surface area (Å²) in [5.41, 5.74) is 13.1. The highest BCUT2D eigenvalue weighted by molar-refractivity contribution is 7.98. The van der Waals surface area contributed by atoms with E-state index in [1.807, 2.05) is 30.5 Å². The summed E-state index contributed by atoms with van der Waals surface area (Å²) in [6.45, 7) is 0. The lowest BCUT2D eigenvalue weighted by Gasteiger charge is -2.03. The fraction of sp³-hybridized carbons (Fsp3) is 0.0769. The minimum atomic E-state index is 0.136. The zero-order valence-corrected chi connectivity index (χ0v) is 11.3. The van der Waals surface area contributed by atoms with Crippen LogP contribution in [0.15, 0.2) is 41.7 Å². The van der Waals surface area contributed by atoms with Gasteiger partial charge in [-0.1, -0.05) is 30.0 Å². The predicted octanol–water partition coefficient (Wildman–Crippen LogP) is 1.88. The van der Waals surface area contributed by atoms with Crippen molar-refractivity contribution in [2.75, 3.05) is 11.5 Å². The van der Waals surface area contributed by atoms with Crippen molar-refractivity contribution in [1.29, 1.82) is 0 Å². The molecule has 0 bridgehead atoms. The van der Waals surface area contributed by atoms with Crippen LogP contribution in [0.2, 0.25) is 0 Å². The Morgan fingerprint density at radius 2 is 1.75 bits per heavy atom. The van der Waals surface area contributed by atoms with Crippen LogP contribution < -0.4 is 11.5 Å². The monoisotopic (exact) mass is 284 g/mol. The van der Waals surface area contributed by atoms with Crippen LogP contribution in [0, 0.1) is 0 Å². The standard InChI is InChI=1S/C13H12N6S/c14-11-17-12(15)19-13(18-11)20-7-8-5-9-3-1-2-4-10(9)16-6-8/h1-6H,7H2,(H4,14,15,17,18,19). The van der Waals surface area contributed by atoms with Crippen molar-refractivity contribution in [3.63, 3.8) is 0 Å². The van der Waals surface area contributed by atoms with Crippen LogP contribution in [0.3, 0.4) is 0 Å². The van der Waals surface area contributed by atoms with Crippen LogP contribution >= 0.6 is 11.8 Å². The first-order valence-corrected chi connectivity index (χ1v) is 6.93. The maximum Gasteiger partial charge on any atom is 0.225 e. The maximum atomic E-state index is 5.53. The topological polar surface area (TPSA) is 104 Å². The molecule has 0 aliphatic carbocycles. The zero-order chi connectivity index (χ0) is 13.9. The number of nitrogen functional groups attached to an aromatic ring is 2. The molecule has 2 aromatic heterocycles. The first-order chi connectivity index (χ1) is 9.70. The largest absolute Gasteiger partial charge is 0.368 e. The lowest BCUT2D eigenvalue weighted by molar-refractivity contribution is 0.929. The number of hydrogen-bond donors (Lipinski definition) is 2. The lowest BCUT2D eigenvalue weighted by Crippen LogP contribution is -2.03. The van der Waals surface area contributed by atoms with Crippen molar-refractivity contribution in [2.24, 2.45) is 0 Å². The van der Waals surface area contributed by atoms with Gasteiger partial charge in [0.1, 0.15) is 0 Å². The molecule has 3 aromatic rings. The first kappa shape index (κ1) is 12.6. The summed E-state index contributed by atoms with van der Waals surface area (Å²) in [7, 11) is 0. The molecule has 6 nitrogen and oxygen atoms in total. The van der Waals surface area contributed by atoms with E-state index in [9.17, 15) is 0 Å². The predicted molar refractivity (Wildman–Crippen MR) is 80.0 cm³/mol. The van der Waals surface area contributed by atoms with Crippen molar-refractivity contribution < 1.29 is 0 Å². The van der Waals surface area contributed by atoms with Gasteiger partial charge in [0.05, 0.1) is 5.52 Å². The molecule has 2 heterocycles. The molecule has 100 valence electrons. The van der Waals surface area contributed by atoms with E-state index in [4.69, 9.17) is 11.5 Å². The molecule has 0 amide bonds. The van der Waals surface area contributed by atoms with Gasteiger partial charge in [0, 0.05) is 17.3 Å². The van der Waals surface area contributed by atoms with Crippen LogP contribution in [0.1, 0.15) is 5.56 Å². The zero-order valence-electron chi connectivity index (χ0n) is 10.5. The number of thioether (sulfide) groups is 1. The third kappa shape index (κ3) is 2.77. The average molecular weight is 284 g/mol. The molecule has 4 N–H and O–H groups in total. The van der Waals surface area contributed by atoms with Gasteiger partial charge in [0.25, 0.3) is 0 Å². The van der Waals surface area contributed by atoms with Crippen molar-refractivity contribution in [2.45, 2.75) is 10.9 Å². The minimum absolute atomic E-state index is 0.136. The molecule has 0 atom stereocenters. The second-order valence-corrected chi connectivity index (χ2v) is 5.10. The van der Waals surface area contributed by atoms with Crippen molar-refractivity contribution in [3.8, 4) is 0 Å². The summed E-state index contributed by atoms with van der Waals surface area (Å²) < 4.78 is 0. The summed E-state index contributed by atoms with van der Waals surface area (Å²) in [4.78, 5) is 16.2. The number of nitrogens with zero attached hydrogens (tertiary/aromatic N) is 4. The first-order valence-electron chi connectivity index (χ1n) is 5.94. The molecule has 0 saturated carbocycles. The summed E-state index contributed by atoms with van der Waals surface area (Å²) in [6, 6.07) is 10.1. The van der Waals surface area contributed by atoms with Gasteiger partial charge in [-0.3, -0.25) is 4.98 Å².